The van der Waals surface area contributed by atoms with E-state index in [9.17, 15) is 0 Å². The van der Waals surface area contributed by atoms with Crippen molar-refractivity contribution >= 4 is 11.8 Å². The maximum atomic E-state index is 5.44. The SMILES string of the molecule is COC(C)(C)CC(C)NCCCCCCSC. The average molecular weight is 261 g/mol. The molecule has 0 aliphatic heterocycles. The number of methoxy groups -OCH3 is 1. The Morgan fingerprint density at radius 2 is 1.82 bits per heavy atom. The molecule has 0 aromatic heterocycles. The van der Waals surface area contributed by atoms with Crippen LogP contribution in [0.25, 0.3) is 0 Å². The van der Waals surface area contributed by atoms with Gasteiger partial charge in [-0.3, -0.25) is 0 Å². The quantitative estimate of drug-likeness (QED) is 0.573. The summed E-state index contributed by atoms with van der Waals surface area (Å²) in [5, 5.41) is 3.58. The van der Waals surface area contributed by atoms with Crippen molar-refractivity contribution in [2.45, 2.75) is 64.5 Å². The molecule has 1 atom stereocenters. The van der Waals surface area contributed by atoms with E-state index in [-0.39, 0.29) is 5.60 Å². The van der Waals surface area contributed by atoms with E-state index in [1.165, 1.54) is 31.4 Å². The highest BCUT2D eigenvalue weighted by molar-refractivity contribution is 7.98. The van der Waals surface area contributed by atoms with E-state index in [0.29, 0.717) is 6.04 Å². The normalized spacial score (nSPS) is 13.9. The predicted octanol–water partition coefficient (Wildman–Crippen LogP) is 3.70. The molecule has 0 saturated heterocycles. The van der Waals surface area contributed by atoms with Crippen molar-refractivity contribution < 1.29 is 4.74 Å². The van der Waals surface area contributed by atoms with Crippen LogP contribution in [0.2, 0.25) is 0 Å². The highest BCUT2D eigenvalue weighted by Gasteiger charge is 2.19. The van der Waals surface area contributed by atoms with Crippen molar-refractivity contribution in [3.05, 3.63) is 0 Å². The lowest BCUT2D eigenvalue weighted by Crippen LogP contribution is -2.36. The molecule has 0 amide bonds. The number of unbranched alkanes of at least 4 members (excludes halogenated alkanes) is 3. The summed E-state index contributed by atoms with van der Waals surface area (Å²) in [6, 6.07) is 0.538. The van der Waals surface area contributed by atoms with Gasteiger partial charge in [0.2, 0.25) is 0 Å². The van der Waals surface area contributed by atoms with Gasteiger partial charge in [0.1, 0.15) is 0 Å². The monoisotopic (exact) mass is 261 g/mol. The highest BCUT2D eigenvalue weighted by Crippen LogP contribution is 2.15. The fourth-order valence-electron chi connectivity index (χ4n) is 1.97. The lowest BCUT2D eigenvalue weighted by molar-refractivity contribution is 0.00859. The number of ether oxygens (including phenoxy) is 1. The summed E-state index contributed by atoms with van der Waals surface area (Å²) in [4.78, 5) is 0. The second kappa shape index (κ2) is 10.2. The zero-order chi connectivity index (χ0) is 13.1. The van der Waals surface area contributed by atoms with Gasteiger partial charge < -0.3 is 10.1 Å². The lowest BCUT2D eigenvalue weighted by Gasteiger charge is -2.27. The minimum atomic E-state index is -0.00916. The van der Waals surface area contributed by atoms with Crippen molar-refractivity contribution in [3.63, 3.8) is 0 Å². The maximum Gasteiger partial charge on any atom is 0.0637 e. The Balaban J connectivity index is 3.36. The van der Waals surface area contributed by atoms with Crippen LogP contribution in [0.15, 0.2) is 0 Å². The number of rotatable bonds is 11. The van der Waals surface area contributed by atoms with Crippen molar-refractivity contribution in [2.24, 2.45) is 0 Å². The molecule has 0 aromatic carbocycles. The molecule has 0 rings (SSSR count). The van der Waals surface area contributed by atoms with E-state index in [4.69, 9.17) is 4.74 Å². The summed E-state index contributed by atoms with van der Waals surface area (Å²) in [6.45, 7) is 7.68. The van der Waals surface area contributed by atoms with Crippen LogP contribution in [0.1, 0.15) is 52.9 Å². The fraction of sp³-hybridized carbons (Fsp3) is 1.00. The Bertz CT molecular complexity index is 174. The van der Waals surface area contributed by atoms with Crippen LogP contribution in [-0.4, -0.2) is 37.3 Å². The Morgan fingerprint density at radius 1 is 1.18 bits per heavy atom. The van der Waals surface area contributed by atoms with Crippen LogP contribution in [0, 0.1) is 0 Å². The summed E-state index contributed by atoms with van der Waals surface area (Å²) in [5.41, 5.74) is -0.00916. The topological polar surface area (TPSA) is 21.3 Å². The standard InChI is InChI=1S/C14H31NOS/c1-13(12-14(2,3)16-4)15-10-8-6-7-9-11-17-5/h13,15H,6-12H2,1-5H3. The lowest BCUT2D eigenvalue weighted by atomic mass is 10.00. The third kappa shape index (κ3) is 11.1. The Morgan fingerprint density at radius 3 is 2.41 bits per heavy atom. The van der Waals surface area contributed by atoms with Gasteiger partial charge in [0.15, 0.2) is 0 Å². The molecule has 3 heteroatoms. The third-order valence-electron chi connectivity index (χ3n) is 3.12. The first-order valence-electron chi connectivity index (χ1n) is 6.79. The van der Waals surface area contributed by atoms with Crippen LogP contribution in [0.3, 0.4) is 0 Å². The van der Waals surface area contributed by atoms with Gasteiger partial charge >= 0.3 is 0 Å². The maximum absolute atomic E-state index is 5.44. The number of hydrogen-bond acceptors (Lipinski definition) is 3. The number of thioether (sulfide) groups is 1. The Kier molecular flexibility index (Phi) is 10.4. The smallest absolute Gasteiger partial charge is 0.0637 e. The van der Waals surface area contributed by atoms with Crippen LogP contribution >= 0.6 is 11.8 Å². The van der Waals surface area contributed by atoms with E-state index >= 15 is 0 Å². The molecule has 0 spiro atoms. The molecular weight excluding hydrogens is 230 g/mol. The van der Waals surface area contributed by atoms with Crippen molar-refractivity contribution in [1.29, 1.82) is 0 Å². The Hall–Kier alpha value is 0.270. The molecule has 0 aliphatic carbocycles. The predicted molar refractivity (Wildman–Crippen MR) is 80.0 cm³/mol. The first-order chi connectivity index (χ1) is 8.02. The van der Waals surface area contributed by atoms with Crippen LogP contribution < -0.4 is 5.32 Å². The van der Waals surface area contributed by atoms with Crippen molar-refractivity contribution in [3.8, 4) is 0 Å². The zero-order valence-corrected chi connectivity index (χ0v) is 13.2. The molecule has 0 aliphatic rings. The molecule has 0 aromatic rings. The van der Waals surface area contributed by atoms with Crippen molar-refractivity contribution in [1.82, 2.24) is 5.32 Å². The van der Waals surface area contributed by atoms with Gasteiger partial charge in [0.05, 0.1) is 5.60 Å². The molecule has 0 radical (unpaired) electrons. The molecule has 0 fully saturated rings. The minimum absolute atomic E-state index is 0.00916. The largest absolute Gasteiger partial charge is 0.379 e. The fourth-order valence-corrected chi connectivity index (χ4v) is 2.46. The van der Waals surface area contributed by atoms with Gasteiger partial charge in [0, 0.05) is 13.2 Å². The van der Waals surface area contributed by atoms with Gasteiger partial charge in [-0.05, 0) is 58.6 Å². The minimum Gasteiger partial charge on any atom is -0.379 e. The van der Waals surface area contributed by atoms with Gasteiger partial charge in [0.25, 0.3) is 0 Å². The second-order valence-electron chi connectivity index (χ2n) is 5.43. The molecule has 0 bridgehead atoms. The summed E-state index contributed by atoms with van der Waals surface area (Å²) in [7, 11) is 1.79. The van der Waals surface area contributed by atoms with Crippen LogP contribution in [-0.2, 0) is 4.74 Å². The summed E-state index contributed by atoms with van der Waals surface area (Å²) in [6.07, 6.45) is 8.64. The first-order valence-corrected chi connectivity index (χ1v) is 8.18. The summed E-state index contributed by atoms with van der Waals surface area (Å²) < 4.78 is 5.44. The number of hydrogen-bond donors (Lipinski definition) is 1. The van der Waals surface area contributed by atoms with Gasteiger partial charge in [-0.25, -0.2) is 0 Å². The van der Waals surface area contributed by atoms with Gasteiger partial charge in [-0.1, -0.05) is 12.8 Å². The molecule has 1 N–H and O–H groups in total. The zero-order valence-electron chi connectivity index (χ0n) is 12.3. The highest BCUT2D eigenvalue weighted by atomic mass is 32.2. The van der Waals surface area contributed by atoms with E-state index in [1.54, 1.807) is 7.11 Å². The first kappa shape index (κ1) is 17.3. The van der Waals surface area contributed by atoms with Crippen molar-refractivity contribution in [2.75, 3.05) is 25.7 Å². The molecular formula is C14H31NOS. The molecule has 0 heterocycles. The van der Waals surface area contributed by atoms with Crippen LogP contribution in [0.4, 0.5) is 0 Å². The van der Waals surface area contributed by atoms with Gasteiger partial charge in [-0.2, -0.15) is 11.8 Å². The van der Waals surface area contributed by atoms with Crippen LogP contribution in [0.5, 0.6) is 0 Å². The van der Waals surface area contributed by atoms with E-state index in [2.05, 4.69) is 32.3 Å². The van der Waals surface area contributed by atoms with E-state index < -0.39 is 0 Å². The molecule has 0 saturated carbocycles. The summed E-state index contributed by atoms with van der Waals surface area (Å²) in [5.74, 6) is 1.31. The average Bonchev–Trinajstić information content (AvgIpc) is 2.27. The Labute approximate surface area is 112 Å². The summed E-state index contributed by atoms with van der Waals surface area (Å²) >= 11 is 1.95. The number of nitrogens with one attached hydrogen (secondary N) is 1. The molecule has 104 valence electrons. The molecule has 17 heavy (non-hydrogen) atoms. The third-order valence-corrected chi connectivity index (χ3v) is 3.82. The van der Waals surface area contributed by atoms with Gasteiger partial charge in [-0.15, -0.1) is 0 Å². The molecule has 1 unspecified atom stereocenters. The van der Waals surface area contributed by atoms with E-state index in [1.807, 2.05) is 11.8 Å². The second-order valence-corrected chi connectivity index (χ2v) is 6.42. The molecule has 2 nitrogen and oxygen atoms in total. The van der Waals surface area contributed by atoms with E-state index in [0.717, 1.165) is 13.0 Å².